The highest BCUT2D eigenvalue weighted by Gasteiger charge is 2.21. The molecule has 9 nitrogen and oxygen atoms in total. The third kappa shape index (κ3) is 4.21. The van der Waals surface area contributed by atoms with E-state index in [-0.39, 0.29) is 0 Å². The number of nitrogens with zero attached hydrogens (tertiary/aromatic N) is 6. The maximum Gasteiger partial charge on any atom is 0.166 e. The molecule has 5 heterocycles. The highest BCUT2D eigenvalue weighted by atomic mass is 15.2. The number of aromatic amines is 2. The second-order valence-electron chi connectivity index (χ2n) is 9.53. The van der Waals surface area contributed by atoms with Crippen molar-refractivity contribution in [3.8, 4) is 17.3 Å². The molecule has 1 aliphatic rings. The molecule has 6 rings (SSSR count). The molecule has 0 radical (unpaired) electrons. The maximum absolute atomic E-state index is 4.98. The molecule has 1 aliphatic carbocycles. The Labute approximate surface area is 220 Å². The highest BCUT2D eigenvalue weighted by Crippen LogP contribution is 2.32. The Morgan fingerprint density at radius 3 is 2.71 bits per heavy atom. The van der Waals surface area contributed by atoms with Gasteiger partial charge < -0.3 is 10.3 Å². The van der Waals surface area contributed by atoms with Crippen LogP contribution in [0.5, 0.6) is 0 Å². The molecule has 1 saturated carbocycles. The third-order valence-electron chi connectivity index (χ3n) is 7.01. The Kier molecular flexibility index (Phi) is 5.95. The van der Waals surface area contributed by atoms with Crippen LogP contribution in [0.4, 0.5) is 0 Å². The molecule has 9 heteroatoms. The number of imidazole rings is 2. The predicted molar refractivity (Wildman–Crippen MR) is 150 cm³/mol. The molecule has 0 bridgehead atoms. The van der Waals surface area contributed by atoms with Crippen LogP contribution in [0.15, 0.2) is 79.7 Å². The predicted octanol–water partition coefficient (Wildman–Crippen LogP) is 5.77. The second kappa shape index (κ2) is 9.59. The van der Waals surface area contributed by atoms with Gasteiger partial charge in [0.15, 0.2) is 17.3 Å². The van der Waals surface area contributed by atoms with Crippen LogP contribution in [-0.2, 0) is 0 Å². The number of allylic oxidation sites excluding steroid dienone is 5. The lowest BCUT2D eigenvalue weighted by molar-refractivity contribution is 0.356. The minimum atomic E-state index is 0.535. The summed E-state index contributed by atoms with van der Waals surface area (Å²) in [6.07, 6.45) is 15.0. The molecule has 1 fully saturated rings. The number of pyridine rings is 2. The molecule has 190 valence electrons. The molecule has 0 unspecified atom stereocenters. The SMILES string of the molecule is C=C/C(=C\C(=C/C)c1ccc2[nH]nc(-c3nc4c(-n5cnc(C)c5)nccc4[nH]3)c2n1)NC(=C)C1CCC1. The third-order valence-corrected chi connectivity index (χ3v) is 7.01. The van der Waals surface area contributed by atoms with Crippen molar-refractivity contribution in [2.24, 2.45) is 5.92 Å². The zero-order valence-electron chi connectivity index (χ0n) is 21.5. The van der Waals surface area contributed by atoms with E-state index in [4.69, 9.17) is 9.97 Å². The lowest BCUT2D eigenvalue weighted by Gasteiger charge is -2.28. The van der Waals surface area contributed by atoms with Crippen LogP contribution in [-0.4, -0.2) is 39.7 Å². The van der Waals surface area contributed by atoms with Crippen molar-refractivity contribution in [2.75, 3.05) is 0 Å². The maximum atomic E-state index is 4.98. The fraction of sp³-hybridized carbons (Fsp3) is 0.207. The number of aromatic nitrogens is 8. The number of H-pyrrole nitrogens is 2. The summed E-state index contributed by atoms with van der Waals surface area (Å²) in [6.45, 7) is 12.2. The highest BCUT2D eigenvalue weighted by molar-refractivity contribution is 5.92. The average Bonchev–Trinajstić information content (AvgIpc) is 3.62. The summed E-state index contributed by atoms with van der Waals surface area (Å²) >= 11 is 0. The number of rotatable bonds is 8. The van der Waals surface area contributed by atoms with Gasteiger partial charge in [-0.25, -0.2) is 19.9 Å². The molecular formula is C29H29N9. The normalized spacial score (nSPS) is 14.7. The monoisotopic (exact) mass is 503 g/mol. The molecule has 5 aromatic heterocycles. The topological polar surface area (TPSA) is 113 Å². The Morgan fingerprint density at radius 1 is 1.13 bits per heavy atom. The van der Waals surface area contributed by atoms with Gasteiger partial charge in [-0.15, -0.1) is 0 Å². The number of nitrogens with one attached hydrogen (secondary N) is 3. The van der Waals surface area contributed by atoms with E-state index in [1.165, 1.54) is 19.3 Å². The average molecular weight is 504 g/mol. The number of fused-ring (bicyclic) bond motifs is 2. The van der Waals surface area contributed by atoms with Crippen molar-refractivity contribution in [2.45, 2.75) is 33.1 Å². The van der Waals surface area contributed by atoms with E-state index in [2.05, 4.69) is 49.7 Å². The smallest absolute Gasteiger partial charge is 0.166 e. The zero-order chi connectivity index (χ0) is 26.2. The van der Waals surface area contributed by atoms with E-state index in [0.29, 0.717) is 23.3 Å². The minimum Gasteiger partial charge on any atom is -0.359 e. The lowest BCUT2D eigenvalue weighted by atomic mass is 9.83. The van der Waals surface area contributed by atoms with E-state index in [1.54, 1.807) is 12.5 Å². The zero-order valence-corrected chi connectivity index (χ0v) is 21.5. The van der Waals surface area contributed by atoms with Gasteiger partial charge in [0, 0.05) is 23.8 Å². The van der Waals surface area contributed by atoms with Crippen LogP contribution in [0.2, 0.25) is 0 Å². The quantitative estimate of drug-likeness (QED) is 0.232. The standard InChI is InChI=1S/C29H29N9/c1-5-19(14-21(6-2)32-18(4)20-8-7-9-20)22-10-11-24-25(33-22)27(37-36-24)28-34-23-12-13-30-29(26(23)35-28)38-15-17(3)31-16-38/h5-6,10-16,20,32H,2,4,7-9H2,1,3H3,(H,34,35)(H,36,37)/b19-5+,21-14+. The largest absolute Gasteiger partial charge is 0.359 e. The molecule has 38 heavy (non-hydrogen) atoms. The molecule has 3 N–H and O–H groups in total. The molecule has 0 aromatic carbocycles. The summed E-state index contributed by atoms with van der Waals surface area (Å²) in [5, 5.41) is 11.1. The van der Waals surface area contributed by atoms with Crippen LogP contribution in [0, 0.1) is 12.8 Å². The van der Waals surface area contributed by atoms with E-state index in [0.717, 1.165) is 50.4 Å². The minimum absolute atomic E-state index is 0.535. The Morgan fingerprint density at radius 2 is 2.00 bits per heavy atom. The van der Waals surface area contributed by atoms with Gasteiger partial charge in [-0.1, -0.05) is 25.7 Å². The van der Waals surface area contributed by atoms with Crippen molar-refractivity contribution in [3.05, 3.63) is 91.1 Å². The number of aryl methyl sites for hydroxylation is 1. The summed E-state index contributed by atoms with van der Waals surface area (Å²) in [5.74, 6) is 1.85. The fourth-order valence-electron chi connectivity index (χ4n) is 4.65. The van der Waals surface area contributed by atoms with E-state index >= 15 is 0 Å². The molecule has 0 saturated heterocycles. The summed E-state index contributed by atoms with van der Waals surface area (Å²) in [5.41, 5.74) is 8.43. The van der Waals surface area contributed by atoms with Gasteiger partial charge in [-0.2, -0.15) is 5.10 Å². The second-order valence-corrected chi connectivity index (χ2v) is 9.53. The van der Waals surface area contributed by atoms with Crippen LogP contribution in [0.25, 0.3) is 45.0 Å². The van der Waals surface area contributed by atoms with Crippen LogP contribution in [0.3, 0.4) is 0 Å². The van der Waals surface area contributed by atoms with Gasteiger partial charge in [0.1, 0.15) is 17.4 Å². The Bertz CT molecular complexity index is 1740. The Hall–Kier alpha value is -4.79. The molecule has 5 aromatic rings. The summed E-state index contributed by atoms with van der Waals surface area (Å²) in [4.78, 5) is 22.1. The molecule has 0 aliphatic heterocycles. The van der Waals surface area contributed by atoms with Crippen LogP contribution >= 0.6 is 0 Å². The molecule has 0 atom stereocenters. The van der Waals surface area contributed by atoms with Crippen molar-refractivity contribution in [1.82, 2.24) is 45.0 Å². The van der Waals surface area contributed by atoms with Crippen molar-refractivity contribution in [3.63, 3.8) is 0 Å². The molecular weight excluding hydrogens is 474 g/mol. The van der Waals surface area contributed by atoms with Gasteiger partial charge in [-0.05, 0) is 68.5 Å². The van der Waals surface area contributed by atoms with Crippen molar-refractivity contribution >= 4 is 27.6 Å². The first-order valence-corrected chi connectivity index (χ1v) is 12.7. The van der Waals surface area contributed by atoms with E-state index in [9.17, 15) is 0 Å². The Balaban J connectivity index is 1.37. The van der Waals surface area contributed by atoms with Crippen LogP contribution < -0.4 is 5.32 Å². The molecule has 0 spiro atoms. The first-order chi connectivity index (χ1) is 18.5. The van der Waals surface area contributed by atoms with Gasteiger partial charge in [0.2, 0.25) is 0 Å². The van der Waals surface area contributed by atoms with E-state index < -0.39 is 0 Å². The summed E-state index contributed by atoms with van der Waals surface area (Å²) < 4.78 is 1.87. The fourth-order valence-corrected chi connectivity index (χ4v) is 4.65. The summed E-state index contributed by atoms with van der Waals surface area (Å²) in [7, 11) is 0. The first-order valence-electron chi connectivity index (χ1n) is 12.7. The van der Waals surface area contributed by atoms with Gasteiger partial charge in [0.25, 0.3) is 0 Å². The van der Waals surface area contributed by atoms with Crippen molar-refractivity contribution < 1.29 is 0 Å². The first kappa shape index (κ1) is 23.6. The van der Waals surface area contributed by atoms with Crippen molar-refractivity contribution in [1.29, 1.82) is 0 Å². The number of hydrogen-bond donors (Lipinski definition) is 3. The van der Waals surface area contributed by atoms with E-state index in [1.807, 2.05) is 55.0 Å². The molecule has 0 amide bonds. The van der Waals surface area contributed by atoms with Gasteiger partial charge in [-0.3, -0.25) is 9.67 Å². The van der Waals surface area contributed by atoms with Crippen LogP contribution in [0.1, 0.15) is 37.6 Å². The van der Waals surface area contributed by atoms with Gasteiger partial charge >= 0.3 is 0 Å². The lowest BCUT2D eigenvalue weighted by Crippen LogP contribution is -2.23. The number of hydrogen-bond acceptors (Lipinski definition) is 6. The van der Waals surface area contributed by atoms with Gasteiger partial charge in [0.05, 0.1) is 22.4 Å². The summed E-state index contributed by atoms with van der Waals surface area (Å²) in [6, 6.07) is 5.88.